The molecule has 1 aromatic carbocycles. The van der Waals surface area contributed by atoms with E-state index in [0.717, 1.165) is 29.8 Å². The molecular weight excluding hydrogens is 304 g/mol. The summed E-state index contributed by atoms with van der Waals surface area (Å²) in [5.74, 6) is 0.858. The van der Waals surface area contributed by atoms with Crippen molar-refractivity contribution in [1.82, 2.24) is 19.8 Å². The zero-order valence-corrected chi connectivity index (χ0v) is 14.5. The van der Waals surface area contributed by atoms with E-state index in [0.29, 0.717) is 19.7 Å². The average molecular weight is 328 g/mol. The van der Waals surface area contributed by atoms with Crippen LogP contribution in [0.5, 0.6) is 0 Å². The maximum atomic E-state index is 12.3. The fourth-order valence-electron chi connectivity index (χ4n) is 3.00. The van der Waals surface area contributed by atoms with Crippen LogP contribution in [0.3, 0.4) is 0 Å². The average Bonchev–Trinajstić information content (AvgIpc) is 2.89. The molecule has 1 aromatic heterocycles. The second kappa shape index (κ2) is 7.05. The van der Waals surface area contributed by atoms with E-state index >= 15 is 0 Å². The number of imidazole rings is 1. The fraction of sp³-hybridized carbons (Fsp3) is 0.444. The molecule has 2 aromatic rings. The number of carbonyl (C=O) groups excluding carboxylic acids is 1. The van der Waals surface area contributed by atoms with Crippen LogP contribution < -0.4 is 5.32 Å². The number of amides is 2. The molecule has 2 amide bonds. The van der Waals surface area contributed by atoms with Crippen molar-refractivity contribution in [2.24, 2.45) is 7.05 Å². The number of hydrogen-bond donors (Lipinski definition) is 1. The number of nitrogens with one attached hydrogen (secondary N) is 1. The van der Waals surface area contributed by atoms with Crippen LogP contribution in [0.2, 0.25) is 0 Å². The Hall–Kier alpha value is -2.34. The molecule has 0 bridgehead atoms. The smallest absolute Gasteiger partial charge is 0.318 e. The second-order valence-electron chi connectivity index (χ2n) is 6.23. The highest BCUT2D eigenvalue weighted by Gasteiger charge is 2.17. The first-order chi connectivity index (χ1) is 11.6. The van der Waals surface area contributed by atoms with Crippen molar-refractivity contribution < 1.29 is 9.53 Å². The third-order valence-corrected chi connectivity index (χ3v) is 4.45. The summed E-state index contributed by atoms with van der Waals surface area (Å²) in [6.07, 6.45) is 2.94. The molecule has 0 spiro atoms. The van der Waals surface area contributed by atoms with Crippen molar-refractivity contribution in [2.75, 3.05) is 26.8 Å². The molecule has 0 radical (unpaired) electrons. The molecule has 0 saturated heterocycles. The van der Waals surface area contributed by atoms with Gasteiger partial charge in [-0.2, -0.15) is 0 Å². The van der Waals surface area contributed by atoms with E-state index < -0.39 is 0 Å². The molecule has 1 N–H and O–H groups in total. The van der Waals surface area contributed by atoms with Gasteiger partial charge in [0.1, 0.15) is 5.82 Å². The first-order valence-electron chi connectivity index (χ1n) is 8.20. The third-order valence-electron chi connectivity index (χ3n) is 4.45. The van der Waals surface area contributed by atoms with E-state index in [1.165, 1.54) is 11.1 Å². The summed E-state index contributed by atoms with van der Waals surface area (Å²) in [6.45, 7) is 4.48. The molecule has 1 aliphatic heterocycles. The normalized spacial score (nSPS) is 14.8. The number of benzene rings is 1. The Morgan fingerprint density at radius 3 is 2.96 bits per heavy atom. The number of aromatic nitrogens is 2. The van der Waals surface area contributed by atoms with E-state index in [4.69, 9.17) is 4.74 Å². The molecule has 0 unspecified atom stereocenters. The maximum absolute atomic E-state index is 12.3. The maximum Gasteiger partial charge on any atom is 0.318 e. The van der Waals surface area contributed by atoms with Gasteiger partial charge in [0.05, 0.1) is 24.2 Å². The molecule has 128 valence electrons. The molecule has 24 heavy (non-hydrogen) atoms. The van der Waals surface area contributed by atoms with Crippen LogP contribution >= 0.6 is 0 Å². The van der Waals surface area contributed by atoms with Crippen LogP contribution in [-0.4, -0.2) is 47.3 Å². The van der Waals surface area contributed by atoms with E-state index in [1.807, 2.05) is 16.5 Å². The standard InChI is InChI=1S/C18H24N4O2/c1-13-4-5-16-15(10-13)20-17(21(16)2)11-19-18(23)22-8-6-14(7-9-22)12-24-3/h4-6,10H,7-9,11-12H2,1-3H3,(H,19,23). The molecule has 0 fully saturated rings. The van der Waals surface area contributed by atoms with Gasteiger partial charge in [-0.05, 0) is 36.6 Å². The number of aryl methyl sites for hydroxylation is 2. The molecule has 0 atom stereocenters. The van der Waals surface area contributed by atoms with Gasteiger partial charge < -0.3 is 19.5 Å². The molecule has 0 aliphatic carbocycles. The van der Waals surface area contributed by atoms with Gasteiger partial charge in [0.15, 0.2) is 0 Å². The second-order valence-corrected chi connectivity index (χ2v) is 6.23. The van der Waals surface area contributed by atoms with Gasteiger partial charge in [0.25, 0.3) is 0 Å². The minimum absolute atomic E-state index is 0.0500. The fourth-order valence-corrected chi connectivity index (χ4v) is 3.00. The third kappa shape index (κ3) is 3.43. The first kappa shape index (κ1) is 16.5. The van der Waals surface area contributed by atoms with Crippen LogP contribution in [0.25, 0.3) is 11.0 Å². The van der Waals surface area contributed by atoms with Crippen LogP contribution in [0, 0.1) is 6.92 Å². The Bertz CT molecular complexity index is 779. The Labute approximate surface area is 142 Å². The number of urea groups is 1. The minimum Gasteiger partial charge on any atom is -0.380 e. The van der Waals surface area contributed by atoms with Gasteiger partial charge in [-0.3, -0.25) is 0 Å². The van der Waals surface area contributed by atoms with Gasteiger partial charge in [0.2, 0.25) is 0 Å². The zero-order valence-electron chi connectivity index (χ0n) is 14.5. The molecule has 2 heterocycles. The topological polar surface area (TPSA) is 59.4 Å². The quantitative estimate of drug-likeness (QED) is 0.877. The highest BCUT2D eigenvalue weighted by Crippen LogP contribution is 2.16. The number of ether oxygens (including phenoxy) is 1. The number of nitrogens with zero attached hydrogens (tertiary/aromatic N) is 3. The Morgan fingerprint density at radius 2 is 2.25 bits per heavy atom. The summed E-state index contributed by atoms with van der Waals surface area (Å²) < 4.78 is 7.16. The summed E-state index contributed by atoms with van der Waals surface area (Å²) in [5, 5.41) is 2.98. The largest absolute Gasteiger partial charge is 0.380 e. The summed E-state index contributed by atoms with van der Waals surface area (Å²) in [5.41, 5.74) is 4.48. The lowest BCUT2D eigenvalue weighted by Gasteiger charge is -2.26. The molecule has 6 nitrogen and oxygen atoms in total. The summed E-state index contributed by atoms with van der Waals surface area (Å²) >= 11 is 0. The van der Waals surface area contributed by atoms with Crippen molar-refractivity contribution >= 4 is 17.1 Å². The highest BCUT2D eigenvalue weighted by atomic mass is 16.5. The highest BCUT2D eigenvalue weighted by molar-refractivity contribution is 5.77. The Kier molecular flexibility index (Phi) is 4.85. The lowest BCUT2D eigenvalue weighted by molar-refractivity contribution is 0.193. The van der Waals surface area contributed by atoms with Crippen molar-refractivity contribution in [3.63, 3.8) is 0 Å². The number of carbonyl (C=O) groups is 1. The Morgan fingerprint density at radius 1 is 1.42 bits per heavy atom. The van der Waals surface area contributed by atoms with Gasteiger partial charge >= 0.3 is 6.03 Å². The predicted molar refractivity (Wildman–Crippen MR) is 93.8 cm³/mol. The van der Waals surface area contributed by atoms with Gasteiger partial charge in [0, 0.05) is 27.2 Å². The van der Waals surface area contributed by atoms with E-state index in [-0.39, 0.29) is 6.03 Å². The van der Waals surface area contributed by atoms with Crippen LogP contribution in [0.1, 0.15) is 17.8 Å². The van der Waals surface area contributed by atoms with Crippen molar-refractivity contribution in [2.45, 2.75) is 19.9 Å². The Balaban J connectivity index is 1.62. The monoisotopic (exact) mass is 328 g/mol. The van der Waals surface area contributed by atoms with Crippen molar-refractivity contribution in [3.05, 3.63) is 41.2 Å². The molecular formula is C18H24N4O2. The molecule has 6 heteroatoms. The van der Waals surface area contributed by atoms with E-state index in [2.05, 4.69) is 41.5 Å². The molecule has 3 rings (SSSR count). The lowest BCUT2D eigenvalue weighted by atomic mass is 10.1. The SMILES string of the molecule is COCC1=CCN(C(=O)NCc2nc3cc(C)ccc3n2C)CC1. The van der Waals surface area contributed by atoms with Gasteiger partial charge in [-0.25, -0.2) is 9.78 Å². The van der Waals surface area contributed by atoms with Crippen molar-refractivity contribution in [1.29, 1.82) is 0 Å². The molecule has 0 saturated carbocycles. The first-order valence-corrected chi connectivity index (χ1v) is 8.20. The minimum atomic E-state index is -0.0500. The van der Waals surface area contributed by atoms with E-state index in [1.54, 1.807) is 7.11 Å². The van der Waals surface area contributed by atoms with Gasteiger partial charge in [-0.15, -0.1) is 0 Å². The van der Waals surface area contributed by atoms with Gasteiger partial charge in [-0.1, -0.05) is 12.1 Å². The lowest BCUT2D eigenvalue weighted by Crippen LogP contribution is -2.42. The summed E-state index contributed by atoms with van der Waals surface area (Å²) in [6, 6.07) is 6.15. The summed E-state index contributed by atoms with van der Waals surface area (Å²) in [7, 11) is 3.67. The number of hydrogen-bond acceptors (Lipinski definition) is 3. The van der Waals surface area contributed by atoms with Crippen LogP contribution in [-0.2, 0) is 18.3 Å². The molecule has 1 aliphatic rings. The van der Waals surface area contributed by atoms with E-state index in [9.17, 15) is 4.79 Å². The number of rotatable bonds is 4. The summed E-state index contributed by atoms with van der Waals surface area (Å²) in [4.78, 5) is 18.8. The predicted octanol–water partition coefficient (Wildman–Crippen LogP) is 2.37. The number of methoxy groups -OCH3 is 1. The van der Waals surface area contributed by atoms with Crippen molar-refractivity contribution in [3.8, 4) is 0 Å². The zero-order chi connectivity index (χ0) is 17.1. The van der Waals surface area contributed by atoms with Crippen LogP contribution in [0.15, 0.2) is 29.8 Å². The number of fused-ring (bicyclic) bond motifs is 1. The van der Waals surface area contributed by atoms with Crippen LogP contribution in [0.4, 0.5) is 4.79 Å².